The number of aliphatic imine (C=N–C) groups is 1. The Morgan fingerprint density at radius 1 is 1.03 bits per heavy atom. The predicted molar refractivity (Wildman–Crippen MR) is 122 cm³/mol. The number of rotatable bonds is 5. The van der Waals surface area contributed by atoms with E-state index in [9.17, 15) is 9.59 Å². The molecule has 0 radical (unpaired) electrons. The first-order chi connectivity index (χ1) is 15.6. The quantitative estimate of drug-likeness (QED) is 0.572. The molecule has 2 aliphatic heterocycles. The van der Waals surface area contributed by atoms with Crippen molar-refractivity contribution in [3.8, 4) is 5.75 Å². The number of nitrogens with zero attached hydrogens (tertiary/aromatic N) is 3. The number of hydrogen-bond donors (Lipinski definition) is 1. The Balaban J connectivity index is 1.51. The number of carbonyl (C=O) groups is 2. The fraction of sp³-hybridized carbons (Fsp3) is 0.375. The molecule has 1 saturated heterocycles. The number of methoxy groups -OCH3 is 1. The van der Waals surface area contributed by atoms with Gasteiger partial charge < -0.3 is 19.3 Å². The number of carbonyl (C=O) groups excluding carboxylic acids is 2. The minimum atomic E-state index is -0.998. The highest BCUT2D eigenvalue weighted by Crippen LogP contribution is 2.31. The van der Waals surface area contributed by atoms with Gasteiger partial charge in [-0.1, -0.05) is 30.3 Å². The SMILES string of the molecule is CCOC(=O)[C@@H]1C(=O)NC(N2CCN(c3ccc(OC)cc3)CC2)=N[C@H]1c1ccccc1. The van der Waals surface area contributed by atoms with Crippen molar-refractivity contribution in [3.05, 3.63) is 60.2 Å². The lowest BCUT2D eigenvalue weighted by Crippen LogP contribution is -2.57. The molecule has 0 saturated carbocycles. The lowest BCUT2D eigenvalue weighted by molar-refractivity contribution is -0.153. The van der Waals surface area contributed by atoms with Crippen molar-refractivity contribution in [2.45, 2.75) is 13.0 Å². The zero-order valence-corrected chi connectivity index (χ0v) is 18.4. The number of anilines is 1. The number of benzene rings is 2. The molecule has 0 bridgehead atoms. The summed E-state index contributed by atoms with van der Waals surface area (Å²) in [6.45, 7) is 4.94. The first-order valence-electron chi connectivity index (χ1n) is 10.8. The maximum absolute atomic E-state index is 13.0. The number of nitrogens with one attached hydrogen (secondary N) is 1. The Morgan fingerprint density at radius 3 is 2.31 bits per heavy atom. The molecule has 168 valence electrons. The molecule has 1 fully saturated rings. The zero-order chi connectivity index (χ0) is 22.5. The third kappa shape index (κ3) is 4.54. The van der Waals surface area contributed by atoms with Gasteiger partial charge in [0, 0.05) is 31.9 Å². The molecule has 4 rings (SSSR count). The molecule has 0 unspecified atom stereocenters. The van der Waals surface area contributed by atoms with Crippen molar-refractivity contribution >= 4 is 23.5 Å². The van der Waals surface area contributed by atoms with Gasteiger partial charge in [0.25, 0.3) is 0 Å². The molecule has 2 aliphatic rings. The zero-order valence-electron chi connectivity index (χ0n) is 18.4. The highest BCUT2D eigenvalue weighted by atomic mass is 16.5. The van der Waals surface area contributed by atoms with Gasteiger partial charge >= 0.3 is 5.97 Å². The van der Waals surface area contributed by atoms with Crippen molar-refractivity contribution in [3.63, 3.8) is 0 Å². The van der Waals surface area contributed by atoms with Crippen LogP contribution in [0.2, 0.25) is 0 Å². The fourth-order valence-corrected chi connectivity index (χ4v) is 4.09. The molecular formula is C24H28N4O4. The van der Waals surface area contributed by atoms with E-state index in [0.29, 0.717) is 19.0 Å². The number of ether oxygens (including phenoxy) is 2. The van der Waals surface area contributed by atoms with Crippen LogP contribution in [0.1, 0.15) is 18.5 Å². The Labute approximate surface area is 187 Å². The van der Waals surface area contributed by atoms with E-state index in [-0.39, 0.29) is 12.5 Å². The van der Waals surface area contributed by atoms with Gasteiger partial charge in [-0.15, -0.1) is 0 Å². The van der Waals surface area contributed by atoms with Gasteiger partial charge in [0.1, 0.15) is 11.8 Å². The van der Waals surface area contributed by atoms with Gasteiger partial charge in [0.2, 0.25) is 11.9 Å². The summed E-state index contributed by atoms with van der Waals surface area (Å²) >= 11 is 0. The molecule has 2 aromatic carbocycles. The van der Waals surface area contributed by atoms with E-state index < -0.39 is 17.9 Å². The van der Waals surface area contributed by atoms with Gasteiger partial charge in [-0.05, 0) is 36.8 Å². The summed E-state index contributed by atoms with van der Waals surface area (Å²) in [4.78, 5) is 34.7. The third-order valence-electron chi connectivity index (χ3n) is 5.79. The molecule has 0 aromatic heterocycles. The third-order valence-corrected chi connectivity index (χ3v) is 5.79. The van der Waals surface area contributed by atoms with Crippen molar-refractivity contribution < 1.29 is 19.1 Å². The monoisotopic (exact) mass is 436 g/mol. The molecule has 2 atom stereocenters. The molecule has 8 heteroatoms. The Kier molecular flexibility index (Phi) is 6.58. The lowest BCUT2D eigenvalue weighted by Gasteiger charge is -2.39. The van der Waals surface area contributed by atoms with Gasteiger partial charge in [0.15, 0.2) is 5.92 Å². The van der Waals surface area contributed by atoms with Crippen molar-refractivity contribution in [1.29, 1.82) is 0 Å². The minimum absolute atomic E-state index is 0.216. The van der Waals surface area contributed by atoms with Gasteiger partial charge in [-0.25, -0.2) is 4.99 Å². The van der Waals surface area contributed by atoms with Gasteiger partial charge in [-0.3, -0.25) is 14.9 Å². The fourth-order valence-electron chi connectivity index (χ4n) is 4.09. The molecule has 1 amide bonds. The lowest BCUT2D eigenvalue weighted by atomic mass is 9.91. The molecule has 2 aromatic rings. The van der Waals surface area contributed by atoms with Crippen LogP contribution in [-0.4, -0.2) is 62.6 Å². The highest BCUT2D eigenvalue weighted by Gasteiger charge is 2.42. The number of piperazine rings is 1. The summed E-state index contributed by atoms with van der Waals surface area (Å²) in [5, 5.41) is 2.85. The average Bonchev–Trinajstić information content (AvgIpc) is 2.84. The first kappa shape index (κ1) is 21.7. The number of guanidine groups is 1. The summed E-state index contributed by atoms with van der Waals surface area (Å²) in [7, 11) is 1.65. The Hall–Kier alpha value is -3.55. The smallest absolute Gasteiger partial charge is 0.321 e. The highest BCUT2D eigenvalue weighted by molar-refractivity contribution is 6.08. The van der Waals surface area contributed by atoms with E-state index in [4.69, 9.17) is 14.5 Å². The maximum atomic E-state index is 13.0. The average molecular weight is 437 g/mol. The molecule has 2 heterocycles. The summed E-state index contributed by atoms with van der Waals surface area (Å²) in [6.07, 6.45) is 0. The summed E-state index contributed by atoms with van der Waals surface area (Å²) in [5.74, 6) is -0.582. The minimum Gasteiger partial charge on any atom is -0.497 e. The topological polar surface area (TPSA) is 83.5 Å². The van der Waals surface area contributed by atoms with Gasteiger partial charge in [0.05, 0.1) is 13.7 Å². The molecule has 1 N–H and O–H groups in total. The van der Waals surface area contributed by atoms with E-state index in [1.54, 1.807) is 14.0 Å². The van der Waals surface area contributed by atoms with Crippen LogP contribution in [0.15, 0.2) is 59.6 Å². The second-order valence-corrected chi connectivity index (χ2v) is 7.70. The van der Waals surface area contributed by atoms with Crippen molar-refractivity contribution in [2.75, 3.05) is 44.8 Å². The standard InChI is InChI=1S/C24H28N4O4/c1-3-32-23(30)20-21(17-7-5-4-6-8-17)25-24(26-22(20)29)28-15-13-27(14-16-28)18-9-11-19(31-2)12-10-18/h4-12,20-21H,3,13-16H2,1-2H3,(H,25,26,29)/t20-,21-/m0/s1. The first-order valence-corrected chi connectivity index (χ1v) is 10.8. The van der Waals surface area contributed by atoms with E-state index in [0.717, 1.165) is 30.1 Å². The van der Waals surface area contributed by atoms with E-state index >= 15 is 0 Å². The van der Waals surface area contributed by atoms with E-state index in [2.05, 4.69) is 15.1 Å². The summed E-state index contributed by atoms with van der Waals surface area (Å²) in [5.41, 5.74) is 1.94. The van der Waals surface area contributed by atoms with Crippen LogP contribution < -0.4 is 15.0 Å². The summed E-state index contributed by atoms with van der Waals surface area (Å²) < 4.78 is 10.4. The van der Waals surface area contributed by atoms with Crippen molar-refractivity contribution in [1.82, 2.24) is 10.2 Å². The van der Waals surface area contributed by atoms with Crippen LogP contribution in [0.25, 0.3) is 0 Å². The van der Waals surface area contributed by atoms with Crippen LogP contribution >= 0.6 is 0 Å². The Bertz CT molecular complexity index is 969. The Morgan fingerprint density at radius 2 is 1.69 bits per heavy atom. The maximum Gasteiger partial charge on any atom is 0.321 e. The van der Waals surface area contributed by atoms with E-state index in [1.165, 1.54) is 0 Å². The molecule has 0 spiro atoms. The largest absolute Gasteiger partial charge is 0.497 e. The number of amides is 1. The number of esters is 1. The second-order valence-electron chi connectivity index (χ2n) is 7.70. The second kappa shape index (κ2) is 9.72. The van der Waals surface area contributed by atoms with Crippen LogP contribution in [0, 0.1) is 5.92 Å². The molecule has 32 heavy (non-hydrogen) atoms. The van der Waals surface area contributed by atoms with Crippen molar-refractivity contribution in [2.24, 2.45) is 10.9 Å². The normalized spacial score (nSPS) is 20.9. The van der Waals surface area contributed by atoms with Crippen LogP contribution in [0.5, 0.6) is 5.75 Å². The molecular weight excluding hydrogens is 408 g/mol. The number of hydrogen-bond acceptors (Lipinski definition) is 7. The van der Waals surface area contributed by atoms with Crippen LogP contribution in [-0.2, 0) is 14.3 Å². The van der Waals surface area contributed by atoms with E-state index in [1.807, 2.05) is 54.6 Å². The molecule has 8 nitrogen and oxygen atoms in total. The van der Waals surface area contributed by atoms with Crippen LogP contribution in [0.3, 0.4) is 0 Å². The molecule has 0 aliphatic carbocycles. The summed E-state index contributed by atoms with van der Waals surface area (Å²) in [6, 6.07) is 16.8. The predicted octanol–water partition coefficient (Wildman–Crippen LogP) is 2.22. The van der Waals surface area contributed by atoms with Crippen LogP contribution in [0.4, 0.5) is 5.69 Å². The van der Waals surface area contributed by atoms with Gasteiger partial charge in [-0.2, -0.15) is 0 Å².